The summed E-state index contributed by atoms with van der Waals surface area (Å²) in [5, 5.41) is 3.95. The number of benzene rings is 8. The van der Waals surface area contributed by atoms with Gasteiger partial charge in [-0.15, -0.1) is 0 Å². The summed E-state index contributed by atoms with van der Waals surface area (Å²) in [7, 11) is 0. The first kappa shape index (κ1) is 16.8. The largest absolute Gasteiger partial charge is 0.455 e. The van der Waals surface area contributed by atoms with E-state index in [1.807, 2.05) is 60.7 Å². The van der Waals surface area contributed by atoms with Crippen LogP contribution in [0.15, 0.2) is 174 Å². The highest BCUT2D eigenvalue weighted by Crippen LogP contribution is 2.45. The van der Waals surface area contributed by atoms with Gasteiger partial charge < -0.3 is 4.42 Å². The smallest absolute Gasteiger partial charge is 0.143 e. The van der Waals surface area contributed by atoms with E-state index in [1.54, 1.807) is 6.07 Å². The van der Waals surface area contributed by atoms with E-state index >= 15 is 0 Å². The van der Waals surface area contributed by atoms with Crippen molar-refractivity contribution in [3.63, 3.8) is 0 Å². The molecule has 0 bridgehead atoms. The molecule has 1 heterocycles. The molecule has 0 aliphatic heterocycles. The lowest BCUT2D eigenvalue weighted by atomic mass is 9.85. The molecule has 9 rings (SSSR count). The molecule has 0 radical (unpaired) electrons. The lowest BCUT2D eigenvalue weighted by molar-refractivity contribution is 0.670. The van der Waals surface area contributed by atoms with Crippen LogP contribution in [0.2, 0.25) is 0 Å². The van der Waals surface area contributed by atoms with Crippen LogP contribution in [0.4, 0.5) is 0 Å². The van der Waals surface area contributed by atoms with Crippen molar-refractivity contribution in [1.82, 2.24) is 0 Å². The Morgan fingerprint density at radius 2 is 1.02 bits per heavy atom. The van der Waals surface area contributed by atoms with Crippen molar-refractivity contribution in [2.24, 2.45) is 0 Å². The molecule has 45 heavy (non-hydrogen) atoms. The minimum Gasteiger partial charge on any atom is -0.455 e. The Kier molecular flexibility index (Phi) is 3.87. The van der Waals surface area contributed by atoms with Crippen molar-refractivity contribution < 1.29 is 19.5 Å². The second-order valence-corrected chi connectivity index (χ2v) is 10.8. The Morgan fingerprint density at radius 1 is 0.400 bits per heavy atom. The zero-order valence-electron chi connectivity index (χ0n) is 34.7. The van der Waals surface area contributed by atoms with Crippen LogP contribution in [-0.4, -0.2) is 0 Å². The zero-order valence-corrected chi connectivity index (χ0v) is 23.7. The van der Waals surface area contributed by atoms with E-state index in [2.05, 4.69) is 36.4 Å². The molecule has 1 nitrogen and oxygen atoms in total. The Morgan fingerprint density at radius 3 is 1.73 bits per heavy atom. The zero-order chi connectivity index (χ0) is 39.3. The van der Waals surface area contributed by atoms with Gasteiger partial charge in [-0.05, 0) is 78.6 Å². The molecule has 8 aromatic carbocycles. The van der Waals surface area contributed by atoms with Gasteiger partial charge in [-0.3, -0.25) is 0 Å². The predicted octanol–water partition coefficient (Wildman–Crippen LogP) is 12.6. The molecule has 0 amide bonds. The molecule has 0 fully saturated rings. The summed E-state index contributed by atoms with van der Waals surface area (Å²) in [5.41, 5.74) is 3.53. The van der Waals surface area contributed by atoms with Crippen molar-refractivity contribution in [3.8, 4) is 44.5 Å². The second kappa shape index (κ2) is 10.4. The Labute approximate surface area is 277 Å². The van der Waals surface area contributed by atoms with Crippen LogP contribution in [0.25, 0.3) is 88.0 Å². The van der Waals surface area contributed by atoms with E-state index < -0.39 is 66.0 Å². The van der Waals surface area contributed by atoms with Crippen LogP contribution in [0.3, 0.4) is 0 Å². The van der Waals surface area contributed by atoms with Crippen LogP contribution < -0.4 is 0 Å². The van der Waals surface area contributed by atoms with Gasteiger partial charge in [0.05, 0.1) is 15.1 Å². The molecule has 0 atom stereocenters. The third kappa shape index (κ3) is 4.17. The van der Waals surface area contributed by atoms with Gasteiger partial charge in [-0.2, -0.15) is 0 Å². The number of rotatable bonds is 4. The average molecular weight is 584 g/mol. The molecule has 0 saturated carbocycles. The van der Waals surface area contributed by atoms with Crippen molar-refractivity contribution in [1.29, 1.82) is 0 Å². The van der Waals surface area contributed by atoms with Gasteiger partial charge in [0.1, 0.15) is 11.2 Å². The first-order valence-corrected chi connectivity index (χ1v) is 14.5. The summed E-state index contributed by atoms with van der Waals surface area (Å²) in [6.07, 6.45) is 0. The SMILES string of the molecule is [2H]c1c([2H])c([2H])c(-c2c([2H])c([2H])c3oc4c(-c5cccc(-c6c7ccccc7c(-c7ccccc7)c7ccccc67)c5)c([2H])c([2H])c([2H])c4c3c2[2H])c([2H])c1[2H]. The van der Waals surface area contributed by atoms with Gasteiger partial charge in [0, 0.05) is 16.3 Å². The molecule has 0 N–H and O–H groups in total. The average Bonchev–Trinajstić information content (AvgIpc) is 3.62. The molecule has 0 saturated heterocycles. The van der Waals surface area contributed by atoms with E-state index in [9.17, 15) is 1.37 Å². The fraction of sp³-hybridized carbons (Fsp3) is 0. The molecular formula is C44H28O. The van der Waals surface area contributed by atoms with Crippen LogP contribution in [0.1, 0.15) is 15.1 Å². The highest BCUT2D eigenvalue weighted by Gasteiger charge is 2.18. The monoisotopic (exact) mass is 583 g/mol. The lowest BCUT2D eigenvalue weighted by Gasteiger charge is -2.18. The Balaban J connectivity index is 1.34. The van der Waals surface area contributed by atoms with Crippen molar-refractivity contribution >= 4 is 43.5 Å². The molecular weight excluding hydrogens is 544 g/mol. The molecule has 1 aromatic heterocycles. The third-order valence-corrected chi connectivity index (χ3v) is 8.25. The molecule has 1 heteroatoms. The van der Waals surface area contributed by atoms with Crippen LogP contribution in [0, 0.1) is 0 Å². The molecule has 9 aromatic rings. The molecule has 0 spiro atoms. The number of para-hydroxylation sites is 1. The van der Waals surface area contributed by atoms with Gasteiger partial charge in [0.2, 0.25) is 0 Å². The lowest BCUT2D eigenvalue weighted by Crippen LogP contribution is -1.91. The maximum absolute atomic E-state index is 9.29. The Hall–Kier alpha value is -5.92. The highest BCUT2D eigenvalue weighted by molar-refractivity contribution is 6.21. The summed E-state index contributed by atoms with van der Waals surface area (Å²) >= 11 is 0. The van der Waals surface area contributed by atoms with Gasteiger partial charge in [0.15, 0.2) is 0 Å². The van der Waals surface area contributed by atoms with Crippen molar-refractivity contribution in [2.75, 3.05) is 0 Å². The van der Waals surface area contributed by atoms with Crippen LogP contribution in [-0.2, 0) is 0 Å². The number of fused-ring (bicyclic) bond motifs is 5. The predicted molar refractivity (Wildman–Crippen MR) is 190 cm³/mol. The summed E-state index contributed by atoms with van der Waals surface area (Å²) in [4.78, 5) is 0. The summed E-state index contributed by atoms with van der Waals surface area (Å²) < 4.78 is 102. The first-order chi connectivity index (χ1) is 26.9. The number of furan rings is 1. The summed E-state index contributed by atoms with van der Waals surface area (Å²) in [5.74, 6) is 0. The molecule has 0 aliphatic rings. The summed E-state index contributed by atoms with van der Waals surface area (Å²) in [6.45, 7) is 0. The fourth-order valence-corrected chi connectivity index (χ4v) is 6.31. The van der Waals surface area contributed by atoms with Crippen LogP contribution >= 0.6 is 0 Å². The van der Waals surface area contributed by atoms with E-state index in [-0.39, 0.29) is 39.1 Å². The quantitative estimate of drug-likeness (QED) is 0.188. The van der Waals surface area contributed by atoms with Gasteiger partial charge in [-0.1, -0.05) is 151 Å². The minimum absolute atomic E-state index is 0.0306. The molecule has 0 aliphatic carbocycles. The van der Waals surface area contributed by atoms with Crippen LogP contribution in [0.5, 0.6) is 0 Å². The Bertz CT molecular complexity index is 3070. The number of hydrogen-bond donors (Lipinski definition) is 0. The van der Waals surface area contributed by atoms with Gasteiger partial charge in [-0.25, -0.2) is 0 Å². The first-order valence-electron chi connectivity index (χ1n) is 20.0. The maximum Gasteiger partial charge on any atom is 0.143 e. The summed E-state index contributed by atoms with van der Waals surface area (Å²) in [6, 6.07) is 28.1. The van der Waals surface area contributed by atoms with E-state index in [0.29, 0.717) is 5.56 Å². The van der Waals surface area contributed by atoms with Gasteiger partial charge in [0.25, 0.3) is 0 Å². The number of hydrogen-bond acceptors (Lipinski definition) is 1. The second-order valence-electron chi connectivity index (χ2n) is 10.8. The van der Waals surface area contributed by atoms with E-state index in [4.69, 9.17) is 18.1 Å². The minimum atomic E-state index is -0.658. The van der Waals surface area contributed by atoms with Crippen molar-refractivity contribution in [2.45, 2.75) is 0 Å². The molecule has 210 valence electrons. The normalized spacial score (nSPS) is 15.0. The standard InChI is InChI=1S/C44H28O/c1-3-13-29(14-4-1)31-25-26-41-40(28-31)39-24-12-23-34(44(39)45-41)32-17-11-18-33(27-32)43-37-21-9-7-19-35(37)42(30-15-5-2-6-16-30)36-20-8-10-22-38(36)43/h1-28H/i1D,3D,4D,12D,13D,14D,23D,24D,25D,26D,28D. The van der Waals surface area contributed by atoms with E-state index in [0.717, 1.165) is 43.8 Å². The topological polar surface area (TPSA) is 13.1 Å². The third-order valence-electron chi connectivity index (χ3n) is 8.25. The van der Waals surface area contributed by atoms with Gasteiger partial charge >= 0.3 is 0 Å². The van der Waals surface area contributed by atoms with E-state index in [1.165, 1.54) is 0 Å². The molecule has 0 unspecified atom stereocenters. The maximum atomic E-state index is 9.29. The van der Waals surface area contributed by atoms with Crippen molar-refractivity contribution in [3.05, 3.63) is 170 Å². The fourth-order valence-electron chi connectivity index (χ4n) is 6.31. The highest BCUT2D eigenvalue weighted by atomic mass is 16.3.